The Morgan fingerprint density at radius 1 is 1.28 bits per heavy atom. The number of amides is 2. The molecule has 0 bridgehead atoms. The number of nitrogens with one attached hydrogen (secondary N) is 1. The lowest BCUT2D eigenvalue weighted by Gasteiger charge is -2.26. The van der Waals surface area contributed by atoms with Gasteiger partial charge in [-0.2, -0.15) is 0 Å². The highest BCUT2D eigenvalue weighted by Crippen LogP contribution is 2.29. The third-order valence-corrected chi connectivity index (χ3v) is 5.20. The zero-order valence-corrected chi connectivity index (χ0v) is 15.7. The summed E-state index contributed by atoms with van der Waals surface area (Å²) in [6.07, 6.45) is 1.32. The van der Waals surface area contributed by atoms with E-state index in [1.165, 1.54) is 11.3 Å². The number of fused-ring (bicyclic) bond motifs is 1. The minimum Gasteiger partial charge on any atom is -0.337 e. The summed E-state index contributed by atoms with van der Waals surface area (Å²) >= 11 is 1.46. The molecule has 1 aromatic carbocycles. The number of carbonyl (C=O) groups excluding carboxylic acids is 2. The molecule has 1 aliphatic rings. The van der Waals surface area contributed by atoms with Gasteiger partial charge < -0.3 is 4.90 Å². The number of hydrogen-bond donors (Lipinski definition) is 1. The van der Waals surface area contributed by atoms with E-state index in [-0.39, 0.29) is 11.8 Å². The van der Waals surface area contributed by atoms with Crippen LogP contribution in [0.3, 0.4) is 0 Å². The van der Waals surface area contributed by atoms with Crippen molar-refractivity contribution in [3.63, 3.8) is 0 Å². The normalized spacial score (nSPS) is 13.7. The van der Waals surface area contributed by atoms with E-state index < -0.39 is 0 Å². The van der Waals surface area contributed by atoms with Crippen LogP contribution in [0.25, 0.3) is 0 Å². The first-order valence-corrected chi connectivity index (χ1v) is 9.38. The molecule has 6 heteroatoms. The van der Waals surface area contributed by atoms with E-state index in [2.05, 4.69) is 24.1 Å². The van der Waals surface area contributed by atoms with Crippen molar-refractivity contribution in [2.45, 2.75) is 40.2 Å². The second-order valence-electron chi connectivity index (χ2n) is 6.87. The van der Waals surface area contributed by atoms with Gasteiger partial charge >= 0.3 is 0 Å². The van der Waals surface area contributed by atoms with E-state index in [4.69, 9.17) is 0 Å². The van der Waals surface area contributed by atoms with Crippen LogP contribution in [0.1, 0.15) is 46.8 Å². The predicted molar refractivity (Wildman–Crippen MR) is 99.8 cm³/mol. The Bertz CT molecular complexity index is 780. The van der Waals surface area contributed by atoms with Crippen molar-refractivity contribution < 1.29 is 9.59 Å². The van der Waals surface area contributed by atoms with Crippen molar-refractivity contribution in [2.24, 2.45) is 5.92 Å². The third kappa shape index (κ3) is 4.25. The molecule has 1 aliphatic heterocycles. The molecule has 0 atom stereocenters. The van der Waals surface area contributed by atoms with E-state index in [9.17, 15) is 9.59 Å². The minimum absolute atomic E-state index is 0.154. The van der Waals surface area contributed by atoms with E-state index in [0.29, 0.717) is 36.1 Å². The molecule has 25 heavy (non-hydrogen) atoms. The molecule has 1 N–H and O–H groups in total. The Balaban J connectivity index is 1.67. The maximum absolute atomic E-state index is 12.3. The molecule has 3 rings (SSSR count). The van der Waals surface area contributed by atoms with Crippen molar-refractivity contribution in [1.29, 1.82) is 0 Å². The van der Waals surface area contributed by atoms with Crippen LogP contribution >= 0.6 is 11.3 Å². The largest absolute Gasteiger partial charge is 0.337 e. The molecule has 2 aromatic rings. The van der Waals surface area contributed by atoms with Gasteiger partial charge in [-0.15, -0.1) is 0 Å². The first-order chi connectivity index (χ1) is 11.9. The fourth-order valence-corrected chi connectivity index (χ4v) is 3.83. The van der Waals surface area contributed by atoms with Gasteiger partial charge in [-0.25, -0.2) is 4.98 Å². The standard InChI is InChI=1S/C19H23N3O2S/c1-12(2)10-17(23)22-9-8-15-16(11-22)25-19(20-15)21-18(24)14-6-4-13(3)5-7-14/h4-7,12H,8-11H2,1-3H3,(H,20,21,24). The van der Waals surface area contributed by atoms with Crippen molar-refractivity contribution >= 4 is 28.3 Å². The summed E-state index contributed by atoms with van der Waals surface area (Å²) in [5.74, 6) is 0.401. The van der Waals surface area contributed by atoms with Gasteiger partial charge in [0.15, 0.2) is 5.13 Å². The molecule has 0 unspecified atom stereocenters. The van der Waals surface area contributed by atoms with Gasteiger partial charge in [-0.3, -0.25) is 14.9 Å². The van der Waals surface area contributed by atoms with Gasteiger partial charge in [-0.1, -0.05) is 42.9 Å². The van der Waals surface area contributed by atoms with Crippen molar-refractivity contribution in [2.75, 3.05) is 11.9 Å². The fourth-order valence-electron chi connectivity index (χ4n) is 2.81. The Morgan fingerprint density at radius 2 is 2.00 bits per heavy atom. The highest BCUT2D eigenvalue weighted by atomic mass is 32.1. The zero-order chi connectivity index (χ0) is 18.0. The smallest absolute Gasteiger partial charge is 0.257 e. The molecule has 0 aliphatic carbocycles. The monoisotopic (exact) mass is 357 g/mol. The molecular weight excluding hydrogens is 334 g/mol. The van der Waals surface area contributed by atoms with E-state index in [1.807, 2.05) is 36.1 Å². The minimum atomic E-state index is -0.154. The number of aromatic nitrogens is 1. The number of hydrogen-bond acceptors (Lipinski definition) is 4. The van der Waals surface area contributed by atoms with Crippen LogP contribution in [0, 0.1) is 12.8 Å². The maximum Gasteiger partial charge on any atom is 0.257 e. The van der Waals surface area contributed by atoms with Crippen LogP contribution in [0.4, 0.5) is 5.13 Å². The number of benzene rings is 1. The second-order valence-corrected chi connectivity index (χ2v) is 7.96. The van der Waals surface area contributed by atoms with Crippen LogP contribution in [0.15, 0.2) is 24.3 Å². The Kier molecular flexibility index (Phi) is 5.18. The summed E-state index contributed by atoms with van der Waals surface area (Å²) in [7, 11) is 0. The summed E-state index contributed by atoms with van der Waals surface area (Å²) in [5.41, 5.74) is 2.73. The number of anilines is 1. The Labute approximate surface area is 152 Å². The molecule has 1 aromatic heterocycles. The van der Waals surface area contributed by atoms with Gasteiger partial charge in [0, 0.05) is 29.8 Å². The highest BCUT2D eigenvalue weighted by molar-refractivity contribution is 7.15. The third-order valence-electron chi connectivity index (χ3n) is 4.20. The summed E-state index contributed by atoms with van der Waals surface area (Å²) in [4.78, 5) is 32.1. The van der Waals surface area contributed by atoms with Gasteiger partial charge in [0.2, 0.25) is 5.91 Å². The summed E-state index contributed by atoms with van der Waals surface area (Å²) in [5, 5.41) is 3.48. The molecule has 132 valence electrons. The van der Waals surface area contributed by atoms with Crippen LogP contribution in [0.5, 0.6) is 0 Å². The average molecular weight is 357 g/mol. The van der Waals surface area contributed by atoms with Crippen LogP contribution in [0.2, 0.25) is 0 Å². The molecule has 2 amide bonds. The summed E-state index contributed by atoms with van der Waals surface area (Å²) < 4.78 is 0. The molecule has 0 saturated carbocycles. The topological polar surface area (TPSA) is 62.3 Å². The lowest BCUT2D eigenvalue weighted by molar-refractivity contribution is -0.132. The average Bonchev–Trinajstić information content (AvgIpc) is 2.95. The lowest BCUT2D eigenvalue weighted by atomic mass is 10.1. The van der Waals surface area contributed by atoms with Crippen molar-refractivity contribution in [1.82, 2.24) is 9.88 Å². The first kappa shape index (κ1) is 17.6. The van der Waals surface area contributed by atoms with E-state index >= 15 is 0 Å². The van der Waals surface area contributed by atoms with Gasteiger partial charge in [0.05, 0.1) is 12.2 Å². The van der Waals surface area contributed by atoms with Gasteiger partial charge in [-0.05, 0) is 25.0 Å². The summed E-state index contributed by atoms with van der Waals surface area (Å²) in [6, 6.07) is 7.45. The zero-order valence-electron chi connectivity index (χ0n) is 14.8. The number of carbonyl (C=O) groups is 2. The number of aryl methyl sites for hydroxylation is 1. The molecule has 5 nitrogen and oxygen atoms in total. The maximum atomic E-state index is 12.3. The number of thiazole rings is 1. The van der Waals surface area contributed by atoms with Crippen LogP contribution in [-0.4, -0.2) is 28.2 Å². The Hall–Kier alpha value is -2.21. The number of rotatable bonds is 4. The van der Waals surface area contributed by atoms with Gasteiger partial charge in [0.1, 0.15) is 0 Å². The highest BCUT2D eigenvalue weighted by Gasteiger charge is 2.24. The van der Waals surface area contributed by atoms with E-state index in [0.717, 1.165) is 22.6 Å². The van der Waals surface area contributed by atoms with Crippen LogP contribution in [-0.2, 0) is 17.8 Å². The lowest BCUT2D eigenvalue weighted by Crippen LogP contribution is -2.36. The summed E-state index contributed by atoms with van der Waals surface area (Å²) in [6.45, 7) is 7.40. The molecule has 0 fully saturated rings. The first-order valence-electron chi connectivity index (χ1n) is 8.56. The van der Waals surface area contributed by atoms with Crippen molar-refractivity contribution in [3.8, 4) is 0 Å². The molecule has 2 heterocycles. The Morgan fingerprint density at radius 3 is 2.68 bits per heavy atom. The predicted octanol–water partition coefficient (Wildman–Crippen LogP) is 3.63. The fraction of sp³-hybridized carbons (Fsp3) is 0.421. The van der Waals surface area contributed by atoms with Gasteiger partial charge in [0.25, 0.3) is 5.91 Å². The SMILES string of the molecule is Cc1ccc(C(=O)Nc2nc3c(s2)CN(C(=O)CC(C)C)CC3)cc1. The molecule has 0 radical (unpaired) electrons. The number of nitrogens with zero attached hydrogens (tertiary/aromatic N) is 2. The van der Waals surface area contributed by atoms with Crippen molar-refractivity contribution in [3.05, 3.63) is 46.0 Å². The van der Waals surface area contributed by atoms with E-state index in [1.54, 1.807) is 0 Å². The molecule has 0 spiro atoms. The molecular formula is C19H23N3O2S. The van der Waals surface area contributed by atoms with Crippen LogP contribution < -0.4 is 5.32 Å². The molecule has 0 saturated heterocycles. The second kappa shape index (κ2) is 7.35. The quantitative estimate of drug-likeness (QED) is 0.909.